The van der Waals surface area contributed by atoms with Crippen LogP contribution in [0.2, 0.25) is 0 Å². The zero-order valence-corrected chi connectivity index (χ0v) is 23.0. The van der Waals surface area contributed by atoms with Crippen LogP contribution in [0.4, 0.5) is 13.2 Å². The van der Waals surface area contributed by atoms with Gasteiger partial charge in [0.05, 0.1) is 19.8 Å². The number of nitrogens with zero attached hydrogens (tertiary/aromatic N) is 1. The highest BCUT2D eigenvalue weighted by molar-refractivity contribution is 5.95. The first-order valence-corrected chi connectivity index (χ1v) is 14.1. The molecule has 212 valence electrons. The Balaban J connectivity index is 1.30. The quantitative estimate of drug-likeness (QED) is 0.299. The summed E-state index contributed by atoms with van der Waals surface area (Å²) in [6, 6.07) is 16.9. The van der Waals surface area contributed by atoms with Crippen LogP contribution in [-0.2, 0) is 4.74 Å². The highest BCUT2D eigenvalue weighted by atomic mass is 19.1. The van der Waals surface area contributed by atoms with E-state index in [4.69, 9.17) is 14.2 Å². The number of ether oxygens (including phenoxy) is 3. The van der Waals surface area contributed by atoms with Gasteiger partial charge >= 0.3 is 0 Å². The molecule has 0 radical (unpaired) electrons. The van der Waals surface area contributed by atoms with Crippen molar-refractivity contribution in [2.24, 2.45) is 5.92 Å². The van der Waals surface area contributed by atoms with Gasteiger partial charge in [0.15, 0.2) is 6.29 Å². The minimum Gasteiger partial charge on any atom is -0.480 e. The molecule has 3 aliphatic heterocycles. The monoisotopic (exact) mass is 559 g/mol. The third-order valence-electron chi connectivity index (χ3n) is 7.85. The van der Waals surface area contributed by atoms with Crippen molar-refractivity contribution in [2.75, 3.05) is 32.9 Å². The van der Waals surface area contributed by atoms with E-state index in [0.717, 1.165) is 60.7 Å². The standard InChI is InChI=1S/C34H32F3NO3/c1-22-30-12-11-29(40-32-6-2-3-14-39-32)18-31(30)41-34(33(22)26-15-27(36)17-28(37)16-26)25-9-7-23(8-10-25)5-4-13-38-20-24(19-35)21-38/h7-12,15-18,24,32,34H,2-3,6,13-14,19-21H2,1H3. The second-order valence-electron chi connectivity index (χ2n) is 10.9. The number of hydrogen-bond donors (Lipinski definition) is 0. The van der Waals surface area contributed by atoms with Crippen molar-refractivity contribution in [2.45, 2.75) is 38.6 Å². The number of allylic oxidation sites excluding steroid dienone is 1. The van der Waals surface area contributed by atoms with Crippen molar-refractivity contribution in [3.63, 3.8) is 0 Å². The Morgan fingerprint density at radius 2 is 1.76 bits per heavy atom. The number of benzene rings is 3. The van der Waals surface area contributed by atoms with Crippen molar-refractivity contribution in [3.8, 4) is 23.3 Å². The van der Waals surface area contributed by atoms with Gasteiger partial charge in [0, 0.05) is 54.3 Å². The fraction of sp³-hybridized carbons (Fsp3) is 0.353. The summed E-state index contributed by atoms with van der Waals surface area (Å²) in [5.74, 6) is 6.45. The predicted octanol–water partition coefficient (Wildman–Crippen LogP) is 7.19. The third-order valence-corrected chi connectivity index (χ3v) is 7.85. The van der Waals surface area contributed by atoms with Crippen molar-refractivity contribution in [1.82, 2.24) is 4.90 Å². The lowest BCUT2D eigenvalue weighted by atomic mass is 9.86. The molecular formula is C34H32F3NO3. The molecule has 3 aliphatic rings. The van der Waals surface area contributed by atoms with E-state index in [2.05, 4.69) is 16.7 Å². The summed E-state index contributed by atoms with van der Waals surface area (Å²) in [7, 11) is 0. The topological polar surface area (TPSA) is 30.9 Å². The maximum absolute atomic E-state index is 14.3. The lowest BCUT2D eigenvalue weighted by molar-refractivity contribution is -0.105. The normalized spacial score (nSPS) is 20.9. The molecule has 0 aromatic heterocycles. The highest BCUT2D eigenvalue weighted by Gasteiger charge is 2.31. The second-order valence-corrected chi connectivity index (χ2v) is 10.9. The molecule has 3 heterocycles. The smallest absolute Gasteiger partial charge is 0.199 e. The van der Waals surface area contributed by atoms with E-state index in [9.17, 15) is 13.2 Å². The van der Waals surface area contributed by atoms with Crippen LogP contribution in [0.25, 0.3) is 11.1 Å². The van der Waals surface area contributed by atoms with Gasteiger partial charge in [-0.05, 0) is 72.9 Å². The fourth-order valence-corrected chi connectivity index (χ4v) is 5.68. The molecule has 7 heteroatoms. The first-order valence-electron chi connectivity index (χ1n) is 14.1. The summed E-state index contributed by atoms with van der Waals surface area (Å²) < 4.78 is 59.7. The minimum atomic E-state index is -0.647. The molecule has 6 rings (SSSR count). The molecule has 2 atom stereocenters. The molecule has 0 N–H and O–H groups in total. The van der Waals surface area contributed by atoms with Crippen LogP contribution in [0, 0.1) is 29.4 Å². The zero-order valence-electron chi connectivity index (χ0n) is 23.0. The number of fused-ring (bicyclic) bond motifs is 1. The van der Waals surface area contributed by atoms with Gasteiger partial charge in [0.1, 0.15) is 29.2 Å². The van der Waals surface area contributed by atoms with Gasteiger partial charge in [0.25, 0.3) is 0 Å². The van der Waals surface area contributed by atoms with E-state index in [0.29, 0.717) is 35.8 Å². The summed E-state index contributed by atoms with van der Waals surface area (Å²) in [6.45, 7) is 4.46. The lowest BCUT2D eigenvalue weighted by Crippen LogP contribution is -2.47. The fourth-order valence-electron chi connectivity index (χ4n) is 5.68. The van der Waals surface area contributed by atoms with E-state index in [1.165, 1.54) is 12.1 Å². The van der Waals surface area contributed by atoms with Crippen LogP contribution in [0.15, 0.2) is 60.7 Å². The third kappa shape index (κ3) is 6.14. The summed E-state index contributed by atoms with van der Waals surface area (Å²) in [4.78, 5) is 2.12. The SMILES string of the molecule is CC1=C(c2cc(F)cc(F)c2)C(c2ccc(C#CCN3CC(CF)C3)cc2)Oc2cc(OC3CCCCO3)ccc21. The summed E-state index contributed by atoms with van der Waals surface area (Å²) in [6.07, 6.45) is 2.03. The molecule has 0 spiro atoms. The number of hydrogen-bond acceptors (Lipinski definition) is 4. The maximum Gasteiger partial charge on any atom is 0.199 e. The Hall–Kier alpha value is -3.73. The summed E-state index contributed by atoms with van der Waals surface area (Å²) >= 11 is 0. The number of alkyl halides is 1. The van der Waals surface area contributed by atoms with E-state index >= 15 is 0 Å². The molecule has 41 heavy (non-hydrogen) atoms. The summed E-state index contributed by atoms with van der Waals surface area (Å²) in [5, 5.41) is 0. The largest absolute Gasteiger partial charge is 0.480 e. The number of likely N-dealkylation sites (tertiary alicyclic amines) is 1. The maximum atomic E-state index is 14.3. The lowest BCUT2D eigenvalue weighted by Gasteiger charge is -2.36. The van der Waals surface area contributed by atoms with Crippen LogP contribution in [0.5, 0.6) is 11.5 Å². The molecule has 2 saturated heterocycles. The van der Waals surface area contributed by atoms with E-state index in [1.807, 2.05) is 49.4 Å². The summed E-state index contributed by atoms with van der Waals surface area (Å²) in [5.41, 5.74) is 4.49. The molecule has 2 fully saturated rings. The Bertz CT molecular complexity index is 1480. The van der Waals surface area contributed by atoms with Gasteiger partial charge < -0.3 is 14.2 Å². The van der Waals surface area contributed by atoms with E-state index in [1.54, 1.807) is 0 Å². The average molecular weight is 560 g/mol. The average Bonchev–Trinajstić information content (AvgIpc) is 2.94. The van der Waals surface area contributed by atoms with Gasteiger partial charge in [0.2, 0.25) is 0 Å². The van der Waals surface area contributed by atoms with Crippen molar-refractivity contribution in [1.29, 1.82) is 0 Å². The van der Waals surface area contributed by atoms with Gasteiger partial charge in [-0.3, -0.25) is 9.29 Å². The Labute approximate surface area is 238 Å². The Kier molecular flexibility index (Phi) is 8.04. The first kappa shape index (κ1) is 27.4. The molecule has 3 aromatic carbocycles. The molecular weight excluding hydrogens is 527 g/mol. The number of halogens is 3. The Morgan fingerprint density at radius 3 is 2.46 bits per heavy atom. The van der Waals surface area contributed by atoms with Crippen LogP contribution >= 0.6 is 0 Å². The second kappa shape index (κ2) is 12.0. The van der Waals surface area contributed by atoms with Crippen molar-refractivity contribution < 1.29 is 27.4 Å². The predicted molar refractivity (Wildman–Crippen MR) is 152 cm³/mol. The van der Waals surface area contributed by atoms with Crippen LogP contribution in [0.3, 0.4) is 0 Å². The Morgan fingerprint density at radius 1 is 0.976 bits per heavy atom. The zero-order chi connectivity index (χ0) is 28.3. The van der Waals surface area contributed by atoms with Gasteiger partial charge in [-0.25, -0.2) is 8.78 Å². The first-order chi connectivity index (χ1) is 20.0. The van der Waals surface area contributed by atoms with E-state index in [-0.39, 0.29) is 18.9 Å². The van der Waals surface area contributed by atoms with E-state index < -0.39 is 17.7 Å². The molecule has 0 saturated carbocycles. The van der Waals surface area contributed by atoms with Gasteiger partial charge in [-0.15, -0.1) is 0 Å². The van der Waals surface area contributed by atoms with Crippen molar-refractivity contribution >= 4 is 11.1 Å². The molecule has 0 aliphatic carbocycles. The van der Waals surface area contributed by atoms with Crippen LogP contribution in [-0.4, -0.2) is 44.1 Å². The molecule has 2 unspecified atom stereocenters. The van der Waals surface area contributed by atoms with Crippen molar-refractivity contribution in [3.05, 3.63) is 94.6 Å². The molecule has 4 nitrogen and oxygen atoms in total. The van der Waals surface area contributed by atoms with Gasteiger partial charge in [-0.2, -0.15) is 0 Å². The number of rotatable bonds is 6. The molecule has 0 bridgehead atoms. The minimum absolute atomic E-state index is 0.136. The van der Waals surface area contributed by atoms with Gasteiger partial charge in [-0.1, -0.05) is 24.0 Å². The van der Waals surface area contributed by atoms with Crippen LogP contribution in [0.1, 0.15) is 54.5 Å². The van der Waals surface area contributed by atoms with Crippen LogP contribution < -0.4 is 9.47 Å². The molecule has 0 amide bonds. The molecule has 3 aromatic rings. The highest BCUT2D eigenvalue weighted by Crippen LogP contribution is 2.47.